The SMILES string of the molecule is CC(C)NCCCCS(=O)(=O)NCc1cnc[nH]1. The fraction of sp³-hybridized carbons (Fsp3) is 0.727. The van der Waals surface area contributed by atoms with E-state index in [1.807, 2.05) is 0 Å². The second kappa shape index (κ2) is 7.50. The third-order valence-corrected chi connectivity index (χ3v) is 3.84. The van der Waals surface area contributed by atoms with Crippen LogP contribution >= 0.6 is 0 Å². The van der Waals surface area contributed by atoms with Gasteiger partial charge in [-0.05, 0) is 19.4 Å². The Labute approximate surface area is 109 Å². The Morgan fingerprint density at radius 1 is 1.39 bits per heavy atom. The van der Waals surface area contributed by atoms with Crippen LogP contribution in [0.2, 0.25) is 0 Å². The van der Waals surface area contributed by atoms with E-state index in [0.29, 0.717) is 12.5 Å². The first-order chi connectivity index (χ1) is 8.49. The van der Waals surface area contributed by atoms with Gasteiger partial charge in [0.15, 0.2) is 0 Å². The standard InChI is InChI=1S/C11H22N4O2S/c1-10(2)13-5-3-4-6-18(16,17)15-8-11-7-12-9-14-11/h7,9-10,13,15H,3-6,8H2,1-2H3,(H,12,14). The first-order valence-electron chi connectivity index (χ1n) is 6.17. The minimum atomic E-state index is -3.18. The number of imidazole rings is 1. The molecule has 6 nitrogen and oxygen atoms in total. The van der Waals surface area contributed by atoms with E-state index in [4.69, 9.17) is 0 Å². The van der Waals surface area contributed by atoms with Gasteiger partial charge in [-0.1, -0.05) is 13.8 Å². The van der Waals surface area contributed by atoms with E-state index in [-0.39, 0.29) is 12.3 Å². The van der Waals surface area contributed by atoms with Gasteiger partial charge < -0.3 is 10.3 Å². The largest absolute Gasteiger partial charge is 0.347 e. The van der Waals surface area contributed by atoms with Crippen LogP contribution in [0.1, 0.15) is 32.4 Å². The number of hydrogen-bond donors (Lipinski definition) is 3. The predicted molar refractivity (Wildman–Crippen MR) is 71.6 cm³/mol. The molecule has 7 heteroatoms. The zero-order valence-electron chi connectivity index (χ0n) is 10.9. The molecular formula is C11H22N4O2S. The van der Waals surface area contributed by atoms with Gasteiger partial charge in [-0.15, -0.1) is 0 Å². The molecule has 0 saturated carbocycles. The second-order valence-electron chi connectivity index (χ2n) is 4.53. The van der Waals surface area contributed by atoms with Crippen molar-refractivity contribution in [3.05, 3.63) is 18.2 Å². The molecule has 0 unspecified atom stereocenters. The van der Waals surface area contributed by atoms with Gasteiger partial charge in [-0.3, -0.25) is 0 Å². The van der Waals surface area contributed by atoms with Crippen LogP contribution in [0.15, 0.2) is 12.5 Å². The fourth-order valence-corrected chi connectivity index (χ4v) is 2.55. The lowest BCUT2D eigenvalue weighted by Gasteiger charge is -2.08. The quantitative estimate of drug-likeness (QED) is 0.576. The van der Waals surface area contributed by atoms with Crippen molar-refractivity contribution < 1.29 is 8.42 Å². The highest BCUT2D eigenvalue weighted by atomic mass is 32.2. The predicted octanol–water partition coefficient (Wildman–Crippen LogP) is 0.607. The highest BCUT2D eigenvalue weighted by Crippen LogP contribution is 1.97. The number of nitrogens with one attached hydrogen (secondary N) is 3. The van der Waals surface area contributed by atoms with Crippen molar-refractivity contribution in [3.8, 4) is 0 Å². The summed E-state index contributed by atoms with van der Waals surface area (Å²) in [5, 5.41) is 3.26. The Hall–Kier alpha value is -0.920. The van der Waals surface area contributed by atoms with E-state index in [1.165, 1.54) is 6.33 Å². The molecule has 1 aromatic heterocycles. The molecule has 0 fully saturated rings. The van der Waals surface area contributed by atoms with E-state index in [2.05, 4.69) is 33.9 Å². The first kappa shape index (κ1) is 15.1. The zero-order valence-corrected chi connectivity index (χ0v) is 11.8. The van der Waals surface area contributed by atoms with E-state index < -0.39 is 10.0 Å². The highest BCUT2D eigenvalue weighted by molar-refractivity contribution is 7.89. The molecule has 1 aromatic rings. The number of unbranched alkanes of at least 4 members (excludes halogenated alkanes) is 1. The molecule has 0 aliphatic carbocycles. The Balaban J connectivity index is 2.15. The smallest absolute Gasteiger partial charge is 0.211 e. The molecule has 3 N–H and O–H groups in total. The van der Waals surface area contributed by atoms with Gasteiger partial charge >= 0.3 is 0 Å². The maximum Gasteiger partial charge on any atom is 0.211 e. The van der Waals surface area contributed by atoms with Gasteiger partial charge in [0.25, 0.3) is 0 Å². The number of H-pyrrole nitrogens is 1. The summed E-state index contributed by atoms with van der Waals surface area (Å²) >= 11 is 0. The summed E-state index contributed by atoms with van der Waals surface area (Å²) in [7, 11) is -3.18. The van der Waals surface area contributed by atoms with Crippen molar-refractivity contribution in [1.29, 1.82) is 0 Å². The van der Waals surface area contributed by atoms with Crippen LogP contribution in [0.4, 0.5) is 0 Å². The highest BCUT2D eigenvalue weighted by Gasteiger charge is 2.09. The molecule has 0 bridgehead atoms. The van der Waals surface area contributed by atoms with E-state index in [9.17, 15) is 8.42 Å². The molecule has 1 rings (SSSR count). The first-order valence-corrected chi connectivity index (χ1v) is 7.83. The van der Waals surface area contributed by atoms with E-state index in [1.54, 1.807) is 6.20 Å². The van der Waals surface area contributed by atoms with Crippen molar-refractivity contribution in [1.82, 2.24) is 20.0 Å². The van der Waals surface area contributed by atoms with Gasteiger partial charge in [0.1, 0.15) is 0 Å². The Morgan fingerprint density at radius 2 is 2.17 bits per heavy atom. The summed E-state index contributed by atoms with van der Waals surface area (Å²) in [5.74, 6) is 0.168. The molecule has 0 atom stereocenters. The van der Waals surface area contributed by atoms with Crippen LogP contribution < -0.4 is 10.0 Å². The van der Waals surface area contributed by atoms with Gasteiger partial charge in [0.2, 0.25) is 10.0 Å². The van der Waals surface area contributed by atoms with Crippen molar-refractivity contribution in [2.24, 2.45) is 0 Å². The molecule has 18 heavy (non-hydrogen) atoms. The summed E-state index contributed by atoms with van der Waals surface area (Å²) < 4.78 is 25.9. The normalized spacial score (nSPS) is 12.2. The molecule has 0 radical (unpaired) electrons. The van der Waals surface area contributed by atoms with Gasteiger partial charge in [0.05, 0.1) is 18.6 Å². The van der Waals surface area contributed by atoms with Crippen LogP contribution in [0.3, 0.4) is 0 Å². The van der Waals surface area contributed by atoms with Crippen LogP contribution in [-0.2, 0) is 16.6 Å². The molecule has 0 aliphatic rings. The summed E-state index contributed by atoms with van der Waals surface area (Å²) in [6.45, 7) is 5.27. The van der Waals surface area contributed by atoms with Crippen molar-refractivity contribution in [2.75, 3.05) is 12.3 Å². The van der Waals surface area contributed by atoms with E-state index >= 15 is 0 Å². The molecule has 0 amide bonds. The molecule has 0 saturated heterocycles. The van der Waals surface area contributed by atoms with Crippen LogP contribution in [0, 0.1) is 0 Å². The van der Waals surface area contributed by atoms with Gasteiger partial charge in [-0.25, -0.2) is 18.1 Å². The number of aromatic amines is 1. The fourth-order valence-electron chi connectivity index (χ4n) is 1.45. The summed E-state index contributed by atoms with van der Waals surface area (Å²) in [6.07, 6.45) is 4.66. The van der Waals surface area contributed by atoms with Gasteiger partial charge in [-0.2, -0.15) is 0 Å². The van der Waals surface area contributed by atoms with Crippen LogP contribution in [0.5, 0.6) is 0 Å². The Kier molecular flexibility index (Phi) is 6.31. The summed E-state index contributed by atoms with van der Waals surface area (Å²) in [6, 6.07) is 0.445. The average Bonchev–Trinajstić information content (AvgIpc) is 2.78. The molecule has 104 valence electrons. The molecule has 0 aromatic carbocycles. The average molecular weight is 274 g/mol. The minimum Gasteiger partial charge on any atom is -0.347 e. The van der Waals surface area contributed by atoms with Crippen LogP contribution in [-0.4, -0.2) is 36.7 Å². The maximum atomic E-state index is 11.7. The number of aromatic nitrogens is 2. The van der Waals surface area contributed by atoms with E-state index in [0.717, 1.165) is 18.7 Å². The molecular weight excluding hydrogens is 252 g/mol. The monoisotopic (exact) mass is 274 g/mol. The van der Waals surface area contributed by atoms with Crippen molar-refractivity contribution >= 4 is 10.0 Å². The lowest BCUT2D eigenvalue weighted by atomic mass is 10.3. The lowest BCUT2D eigenvalue weighted by Crippen LogP contribution is -2.27. The maximum absolute atomic E-state index is 11.7. The number of hydrogen-bond acceptors (Lipinski definition) is 4. The number of sulfonamides is 1. The number of nitrogens with zero attached hydrogens (tertiary/aromatic N) is 1. The summed E-state index contributed by atoms with van der Waals surface area (Å²) in [5.41, 5.74) is 0.764. The topological polar surface area (TPSA) is 86.9 Å². The number of rotatable bonds is 9. The summed E-state index contributed by atoms with van der Waals surface area (Å²) in [4.78, 5) is 6.68. The van der Waals surface area contributed by atoms with Crippen molar-refractivity contribution in [3.63, 3.8) is 0 Å². The molecule has 0 spiro atoms. The third kappa shape index (κ3) is 6.73. The zero-order chi connectivity index (χ0) is 13.4. The molecule has 0 aliphatic heterocycles. The van der Waals surface area contributed by atoms with Crippen LogP contribution in [0.25, 0.3) is 0 Å². The Morgan fingerprint density at radius 3 is 2.78 bits per heavy atom. The molecule has 1 heterocycles. The lowest BCUT2D eigenvalue weighted by molar-refractivity contribution is 0.555. The van der Waals surface area contributed by atoms with Crippen molar-refractivity contribution in [2.45, 2.75) is 39.3 Å². The van der Waals surface area contributed by atoms with Gasteiger partial charge in [0, 0.05) is 17.9 Å². The Bertz CT molecular complexity index is 414. The second-order valence-corrected chi connectivity index (χ2v) is 6.46. The minimum absolute atomic E-state index is 0.168. The third-order valence-electron chi connectivity index (χ3n) is 2.43.